The Morgan fingerprint density at radius 1 is 1.50 bits per heavy atom. The van der Waals surface area contributed by atoms with Crippen molar-refractivity contribution in [3.05, 3.63) is 41.4 Å². The van der Waals surface area contributed by atoms with Crippen molar-refractivity contribution in [1.29, 1.82) is 0 Å². The van der Waals surface area contributed by atoms with E-state index >= 15 is 0 Å². The predicted molar refractivity (Wildman–Crippen MR) is 62.9 cm³/mol. The molecule has 0 spiro atoms. The molecule has 1 aromatic carbocycles. The third kappa shape index (κ3) is 3.95. The number of hydrogen-bond donors (Lipinski definition) is 1. The number of ether oxygens (including phenoxy) is 1. The fourth-order valence-corrected chi connectivity index (χ4v) is 1.30. The van der Waals surface area contributed by atoms with Gasteiger partial charge in [0, 0.05) is 11.4 Å². The number of hydrogen-bond acceptors (Lipinski definition) is 2. The maximum Gasteiger partial charge on any atom is 0.345 e. The Hall–Kier alpha value is -1.48. The maximum atomic E-state index is 10.9. The van der Waals surface area contributed by atoms with Gasteiger partial charge in [-0.3, -0.25) is 0 Å². The second-order valence-electron chi connectivity index (χ2n) is 3.56. The molecular weight excluding hydrogens is 228 g/mol. The summed E-state index contributed by atoms with van der Waals surface area (Å²) in [5.41, 5.74) is 0.765. The molecule has 1 N–H and O–H groups in total. The predicted octanol–water partition coefficient (Wildman–Crippen LogP) is 3.14. The van der Waals surface area contributed by atoms with Crippen LogP contribution in [0.2, 0.25) is 5.02 Å². The lowest BCUT2D eigenvalue weighted by Crippen LogP contribution is -2.27. The Morgan fingerprint density at radius 2 is 2.06 bits per heavy atom. The number of carbonyl (C=O) groups is 1. The molecule has 0 amide bonds. The van der Waals surface area contributed by atoms with Crippen molar-refractivity contribution in [3.8, 4) is 5.75 Å². The molecule has 0 radical (unpaired) electrons. The van der Waals surface area contributed by atoms with Gasteiger partial charge in [0.05, 0.1) is 0 Å². The van der Waals surface area contributed by atoms with Crippen molar-refractivity contribution < 1.29 is 14.6 Å². The van der Waals surface area contributed by atoms with Crippen LogP contribution in [0.1, 0.15) is 13.3 Å². The second-order valence-corrected chi connectivity index (χ2v) is 4.00. The molecule has 0 aliphatic rings. The van der Waals surface area contributed by atoms with Crippen molar-refractivity contribution in [2.75, 3.05) is 0 Å². The molecule has 86 valence electrons. The zero-order chi connectivity index (χ0) is 12.1. The number of benzene rings is 1. The number of halogens is 1. The highest BCUT2D eigenvalue weighted by Gasteiger charge is 2.19. The van der Waals surface area contributed by atoms with Crippen LogP contribution in [0.3, 0.4) is 0 Å². The third-order valence-electron chi connectivity index (χ3n) is 1.90. The van der Waals surface area contributed by atoms with Crippen LogP contribution in [0.25, 0.3) is 0 Å². The van der Waals surface area contributed by atoms with Gasteiger partial charge in [0.1, 0.15) is 5.75 Å². The van der Waals surface area contributed by atoms with Crippen LogP contribution in [0.4, 0.5) is 0 Å². The first-order valence-corrected chi connectivity index (χ1v) is 5.16. The second kappa shape index (κ2) is 5.56. The Labute approximate surface area is 99.3 Å². The number of rotatable bonds is 5. The topological polar surface area (TPSA) is 46.5 Å². The van der Waals surface area contributed by atoms with E-state index in [0.29, 0.717) is 10.8 Å². The van der Waals surface area contributed by atoms with Crippen molar-refractivity contribution >= 4 is 17.6 Å². The maximum absolute atomic E-state index is 10.9. The summed E-state index contributed by atoms with van der Waals surface area (Å²) in [6.45, 7) is 5.43. The van der Waals surface area contributed by atoms with Crippen molar-refractivity contribution in [2.45, 2.75) is 19.4 Å². The number of aliphatic carboxylic acids is 1. The van der Waals surface area contributed by atoms with E-state index in [1.54, 1.807) is 31.2 Å². The molecule has 3 nitrogen and oxygen atoms in total. The molecule has 0 fully saturated rings. The van der Waals surface area contributed by atoms with Gasteiger partial charge in [0.2, 0.25) is 0 Å². The van der Waals surface area contributed by atoms with Crippen LogP contribution >= 0.6 is 11.6 Å². The van der Waals surface area contributed by atoms with E-state index in [4.69, 9.17) is 21.4 Å². The van der Waals surface area contributed by atoms with Gasteiger partial charge in [-0.05, 0) is 31.2 Å². The molecule has 0 bridgehead atoms. The molecule has 16 heavy (non-hydrogen) atoms. The summed E-state index contributed by atoms with van der Waals surface area (Å²) in [7, 11) is 0. The highest BCUT2D eigenvalue weighted by atomic mass is 35.5. The fraction of sp³-hybridized carbons (Fsp3) is 0.250. The molecule has 1 unspecified atom stereocenters. The first-order chi connectivity index (χ1) is 7.49. The van der Waals surface area contributed by atoms with Gasteiger partial charge in [0.15, 0.2) is 6.10 Å². The summed E-state index contributed by atoms with van der Waals surface area (Å²) >= 11 is 5.71. The highest BCUT2D eigenvalue weighted by Crippen LogP contribution is 2.18. The molecule has 0 aliphatic carbocycles. The number of carboxylic acids is 1. The van der Waals surface area contributed by atoms with Crippen LogP contribution < -0.4 is 4.74 Å². The Bertz CT molecular complexity index is 384. The molecule has 1 aromatic rings. The summed E-state index contributed by atoms with van der Waals surface area (Å²) in [4.78, 5) is 10.9. The average molecular weight is 241 g/mol. The summed E-state index contributed by atoms with van der Waals surface area (Å²) in [6.07, 6.45) is -0.614. The number of carboxylic acid groups (broad SMARTS) is 1. The molecule has 1 rings (SSSR count). The van der Waals surface area contributed by atoms with E-state index in [2.05, 4.69) is 6.58 Å². The zero-order valence-electron chi connectivity index (χ0n) is 8.94. The minimum atomic E-state index is -1.00. The van der Waals surface area contributed by atoms with Crippen LogP contribution in [0, 0.1) is 0 Å². The first-order valence-electron chi connectivity index (χ1n) is 4.78. The van der Waals surface area contributed by atoms with Crippen LogP contribution in [0.5, 0.6) is 5.75 Å². The molecule has 0 saturated carbocycles. The minimum absolute atomic E-state index is 0.290. The SMILES string of the molecule is C=C(C)CC(Oc1ccc(Cl)cc1)C(=O)O. The molecule has 1 atom stereocenters. The van der Waals surface area contributed by atoms with Crippen LogP contribution in [0.15, 0.2) is 36.4 Å². The van der Waals surface area contributed by atoms with Gasteiger partial charge >= 0.3 is 5.97 Å². The molecule has 0 saturated heterocycles. The van der Waals surface area contributed by atoms with Gasteiger partial charge < -0.3 is 9.84 Å². The van der Waals surface area contributed by atoms with E-state index in [9.17, 15) is 4.79 Å². The van der Waals surface area contributed by atoms with Crippen molar-refractivity contribution in [1.82, 2.24) is 0 Å². The van der Waals surface area contributed by atoms with Gasteiger partial charge in [-0.2, -0.15) is 0 Å². The van der Waals surface area contributed by atoms with Crippen molar-refractivity contribution in [3.63, 3.8) is 0 Å². The largest absolute Gasteiger partial charge is 0.478 e. The molecule has 4 heteroatoms. The molecule has 0 aromatic heterocycles. The average Bonchev–Trinajstić information content (AvgIpc) is 2.19. The van der Waals surface area contributed by atoms with E-state index < -0.39 is 12.1 Å². The molecule has 0 heterocycles. The summed E-state index contributed by atoms with van der Waals surface area (Å²) in [5.74, 6) is -0.518. The quantitative estimate of drug-likeness (QED) is 0.805. The minimum Gasteiger partial charge on any atom is -0.478 e. The normalized spacial score (nSPS) is 11.9. The zero-order valence-corrected chi connectivity index (χ0v) is 9.70. The van der Waals surface area contributed by atoms with Gasteiger partial charge in [0.25, 0.3) is 0 Å². The fourth-order valence-electron chi connectivity index (χ4n) is 1.17. The lowest BCUT2D eigenvalue weighted by molar-refractivity contribution is -0.145. The lowest BCUT2D eigenvalue weighted by Gasteiger charge is -2.14. The van der Waals surface area contributed by atoms with Crippen LogP contribution in [-0.4, -0.2) is 17.2 Å². The molecule has 0 aliphatic heterocycles. The Balaban J connectivity index is 2.71. The summed E-state index contributed by atoms with van der Waals surface area (Å²) < 4.78 is 5.32. The van der Waals surface area contributed by atoms with Gasteiger partial charge in [-0.1, -0.05) is 23.8 Å². The van der Waals surface area contributed by atoms with Crippen molar-refractivity contribution in [2.24, 2.45) is 0 Å². The first kappa shape index (κ1) is 12.6. The van der Waals surface area contributed by atoms with Gasteiger partial charge in [-0.25, -0.2) is 4.79 Å². The monoisotopic (exact) mass is 240 g/mol. The highest BCUT2D eigenvalue weighted by molar-refractivity contribution is 6.30. The van der Waals surface area contributed by atoms with E-state index in [1.807, 2.05) is 0 Å². The van der Waals surface area contributed by atoms with Crippen LogP contribution in [-0.2, 0) is 4.79 Å². The lowest BCUT2D eigenvalue weighted by atomic mass is 10.1. The van der Waals surface area contributed by atoms with Gasteiger partial charge in [-0.15, -0.1) is 0 Å². The molecular formula is C12H13ClO3. The third-order valence-corrected chi connectivity index (χ3v) is 2.15. The Morgan fingerprint density at radius 3 is 2.50 bits per heavy atom. The smallest absolute Gasteiger partial charge is 0.345 e. The Kier molecular flexibility index (Phi) is 4.38. The van der Waals surface area contributed by atoms with E-state index in [1.165, 1.54) is 0 Å². The summed E-state index contributed by atoms with van der Waals surface area (Å²) in [6, 6.07) is 6.57. The standard InChI is InChI=1S/C12H13ClO3/c1-8(2)7-11(12(14)15)16-10-5-3-9(13)4-6-10/h3-6,11H,1,7H2,2H3,(H,14,15). The summed E-state index contributed by atoms with van der Waals surface area (Å²) in [5, 5.41) is 9.53. The van der Waals surface area contributed by atoms with E-state index in [0.717, 1.165) is 5.57 Å². The van der Waals surface area contributed by atoms with E-state index in [-0.39, 0.29) is 6.42 Å².